The zero-order valence-electron chi connectivity index (χ0n) is 136. The molecule has 18 rings (SSSR count). The lowest BCUT2D eigenvalue weighted by atomic mass is 9.92. The predicted molar refractivity (Wildman–Crippen MR) is 527 cm³/mol. The van der Waals surface area contributed by atoms with E-state index in [2.05, 4.69) is 119 Å². The molecule has 0 saturated carbocycles. The average Bonchev–Trinajstić information content (AvgIpc) is 1.40. The van der Waals surface area contributed by atoms with Crippen LogP contribution in [0.25, 0.3) is 95.3 Å². The summed E-state index contributed by atoms with van der Waals surface area (Å²) in [6.07, 6.45) is -5.01. The third kappa shape index (κ3) is 23.1. The molecule has 6 N–H and O–H groups in total. The number of rotatable bonds is 18. The van der Waals surface area contributed by atoms with E-state index in [-0.39, 0.29) is 82.7 Å². The molecule has 6 aliphatic rings. The lowest BCUT2D eigenvalue weighted by Gasteiger charge is -2.41. The van der Waals surface area contributed by atoms with E-state index < -0.39 is 297 Å². The van der Waals surface area contributed by atoms with E-state index >= 15 is 0 Å². The van der Waals surface area contributed by atoms with Gasteiger partial charge in [0.05, 0.1) is 89.1 Å². The Morgan fingerprint density at radius 2 is 0.551 bits per heavy atom. The van der Waals surface area contributed by atoms with Crippen LogP contribution in [0, 0.1) is 74.9 Å². The largest absolute Gasteiger partial charge is 0.354 e. The Morgan fingerprint density at radius 3 is 0.855 bits per heavy atom. The van der Waals surface area contributed by atoms with Gasteiger partial charge >= 0.3 is 35.4 Å². The molecule has 6 saturated heterocycles. The molecule has 42 nitrogen and oxygen atoms in total. The van der Waals surface area contributed by atoms with Crippen LogP contribution in [0.2, 0.25) is 0 Å². The number of aromatic nitrogens is 18. The quantitative estimate of drug-likeness (QED) is 0.0435. The minimum absolute atomic E-state index is 0.0147. The number of likely N-dealkylation sites (N-methyl/N-ethyl adjacent to an activating group) is 6. The maximum absolute atomic E-state index is 13.0. The maximum atomic E-state index is 13.0. The number of aromatic amines is 6. The van der Waals surface area contributed by atoms with E-state index in [1.54, 1.807) is 18.3 Å². The number of hydrogen-bond acceptors (Lipinski definition) is 24. The summed E-state index contributed by atoms with van der Waals surface area (Å²) in [6, 6.07) is -6.51. The Kier molecular flexibility index (Phi) is 15.6. The van der Waals surface area contributed by atoms with Crippen molar-refractivity contribution in [1.82, 2.24) is 119 Å². The van der Waals surface area contributed by atoms with Crippen molar-refractivity contribution in [2.75, 3.05) is 189 Å². The number of nitrogens with one attached hydrogen (secondary N) is 6. The third-order valence-electron chi connectivity index (χ3n) is 19.9. The van der Waals surface area contributed by atoms with E-state index in [0.717, 1.165) is 98.1 Å². The summed E-state index contributed by atoms with van der Waals surface area (Å²) in [4.78, 5) is 161. The van der Waals surface area contributed by atoms with Gasteiger partial charge in [-0.1, -0.05) is 41.3 Å². The summed E-state index contributed by atoms with van der Waals surface area (Å²) in [6.45, 7) is -28.8. The molecule has 0 unspecified atom stereocenters. The van der Waals surface area contributed by atoms with Crippen molar-refractivity contribution in [2.45, 2.75) is 116 Å². The molecule has 42 heteroatoms. The first-order valence-electron chi connectivity index (χ1n) is 71.0. The molecule has 12 atom stereocenters. The minimum Gasteiger partial charge on any atom is -0.354 e. The summed E-state index contributed by atoms with van der Waals surface area (Å²) in [7, 11) is 7.03. The number of nitrogens with zero attached hydrogens (tertiary/aromatic N) is 30. The zero-order valence-corrected chi connectivity index (χ0v) is 73.2. The number of fused-ring (bicyclic) bond motifs is 6. The topological polar surface area (TPSA) is 417 Å². The van der Waals surface area contributed by atoms with Crippen molar-refractivity contribution in [2.24, 2.45) is 35.4 Å². The normalized spacial score (nSPS) is 38.6. The number of carbonyl (C=O) groups is 6. The predicted octanol–water partition coefficient (Wildman–Crippen LogP) is 9.30. The number of carbonyl (C=O) groups excluding carboxylic acids is 6. The van der Waals surface area contributed by atoms with Gasteiger partial charge in [0.25, 0.3) is 39.0 Å². The number of amides is 6. The molecule has 18 heterocycles. The van der Waals surface area contributed by atoms with Gasteiger partial charge in [0.15, 0.2) is 0 Å². The lowest BCUT2D eigenvalue weighted by molar-refractivity contribution is -0.131. The highest BCUT2D eigenvalue weighted by molar-refractivity contribution is 5.93. The van der Waals surface area contributed by atoms with Crippen LogP contribution in [0.3, 0.4) is 0 Å². The Labute approximate surface area is 890 Å². The second kappa shape index (κ2) is 46.5. The Hall–Kier alpha value is -15.7. The van der Waals surface area contributed by atoms with Crippen molar-refractivity contribution in [3.8, 4) is 0 Å². The lowest BCUT2D eigenvalue weighted by Crippen LogP contribution is -2.53. The summed E-state index contributed by atoms with van der Waals surface area (Å²) < 4.78 is 521. The van der Waals surface area contributed by atoms with Crippen LogP contribution in [0.1, 0.15) is 166 Å². The van der Waals surface area contributed by atoms with E-state index in [1.165, 1.54) is 82.7 Å². The minimum atomic E-state index is -3.87. The molecule has 6 fully saturated rings. The fourth-order valence-electron chi connectivity index (χ4n) is 13.3. The molecule has 0 aromatic carbocycles. The molecule has 720 valence electrons. The van der Waals surface area contributed by atoms with Gasteiger partial charge in [0.2, 0.25) is 0 Å². The fraction of sp³-hybridized carbons (Fsp3) is 0.500. The van der Waals surface area contributed by atoms with E-state index in [1.807, 2.05) is 0 Å². The Balaban J connectivity index is 0.000000194. The van der Waals surface area contributed by atoms with E-state index in [4.69, 9.17) is 126 Å². The summed E-state index contributed by atoms with van der Waals surface area (Å²) in [5, 5.41) is 1.78. The number of hydrogen-bond donors (Lipinski definition) is 6. The van der Waals surface area contributed by atoms with E-state index in [0.29, 0.717) is 38.0 Å². The van der Waals surface area contributed by atoms with Gasteiger partial charge in [0, 0.05) is 207 Å². The molecule has 0 radical (unpaired) electrons. The highest BCUT2D eigenvalue weighted by Gasteiger charge is 2.41. The second-order valence-electron chi connectivity index (χ2n) is 28.2. The van der Waals surface area contributed by atoms with Crippen LogP contribution in [0.5, 0.6) is 0 Å². The fourth-order valence-corrected chi connectivity index (χ4v) is 13.3. The number of piperidine rings is 6. The van der Waals surface area contributed by atoms with Crippen molar-refractivity contribution < 1.29 is 115 Å². The first kappa shape index (κ1) is 46.2. The highest BCUT2D eigenvalue weighted by atomic mass is 16.2. The van der Waals surface area contributed by atoms with Gasteiger partial charge in [-0.15, -0.1) is 0 Å². The first-order valence-corrected chi connectivity index (χ1v) is 39.5. The number of likely N-dealkylation sites (tertiary alicyclic amines) is 6. The Morgan fingerprint density at radius 1 is 0.319 bits per heavy atom. The molecule has 0 bridgehead atoms. The van der Waals surface area contributed by atoms with Gasteiger partial charge in [-0.3, -0.25) is 28.8 Å². The van der Waals surface area contributed by atoms with Gasteiger partial charge < -0.3 is 118 Å². The first-order chi connectivity index (χ1) is 90.5. The smallest absolute Gasteiger partial charge is 0.302 e. The van der Waals surface area contributed by atoms with Crippen LogP contribution in [0.15, 0.2) is 112 Å². The van der Waals surface area contributed by atoms with E-state index in [9.17, 15) is 28.8 Å². The Bertz CT molecular complexity index is 9730. The van der Waals surface area contributed by atoms with Gasteiger partial charge in [-0.25, -0.2) is 99.2 Å². The molecule has 0 aliphatic carbocycles. The number of anilines is 6. The SMILES string of the molecule is [2H]C([2H])([N+]#[C-])C(=O)N1C([2H])([2H])C([2H])([2H])[C@@H](C([2H])([2H])[2H])[C@@]([2H])(N(C)c2ncnc3[nH]ccc23)C1([2H])[2H].[2H]C([2H])([N+]#[C-])C(=O)N1C([2H])([2H])C([2H])([2H])[C@@H](C)[C@@]([2H])(N(C)c2ncnc3[nH]ccc23)C1([2H])[2H].[2H]C([2H])([N+]#[C-])C(=O)N1C([2H])([2H])C([2H])([2H])[C@@]([2H])(C)[C@@]([2H])(N(C)c2ncnc3[nH]ccc23)C1([2H])[2H].[2H]C([2H])([N+]#[C-])C(=O)N1C([2H])([2H])[C@H](N(C)c2ncnc3[nH]ccc23)[C@H](C([2H])([2H])[2H])C([2H])([2H])C1([2H])[2H].[2H]C([2H])([N+]#[C-])C(=O)N1C([2H])([2H])[C@H](N(C)c2ncnc3[nH]ccc23)[C@]([2H])(C([2H])([2H])[2H])C([2H])([2H])C1([2H])[2H].[2H]C([2H])([N+]#[C-])C(=O)N1C([2H])([2H])[C@H](N(C)c2ncnc3[nH]ccc23)[C@]([2H])(C)C([2H])([2H])C1([2H])[2H]. The molecular formula is C96H120N36O6. The second-order valence-corrected chi connectivity index (χ2v) is 28.2. The van der Waals surface area contributed by atoms with Crippen LogP contribution in [-0.4, -0.2) is 350 Å². The highest BCUT2D eigenvalue weighted by Crippen LogP contribution is 2.37. The zero-order chi connectivity index (χ0) is 154. The van der Waals surface area contributed by atoms with Crippen molar-refractivity contribution >= 4 is 137 Å². The van der Waals surface area contributed by atoms with Crippen LogP contribution in [-0.2, 0) is 28.8 Å². The number of H-pyrrole nitrogens is 6. The summed E-state index contributed by atoms with van der Waals surface area (Å²) >= 11 is 0. The average molecular weight is 1940 g/mol. The van der Waals surface area contributed by atoms with Gasteiger partial charge in [-0.05, 0) is 110 Å². The molecule has 6 aliphatic heterocycles. The summed E-state index contributed by atoms with van der Waals surface area (Å²) in [5.41, 5.74) is 1.76. The van der Waals surface area contributed by atoms with Crippen molar-refractivity contribution in [3.63, 3.8) is 0 Å². The van der Waals surface area contributed by atoms with Crippen LogP contribution in [0.4, 0.5) is 34.9 Å². The molecule has 6 amide bonds. The van der Waals surface area contributed by atoms with Crippen molar-refractivity contribution in [3.05, 3.63) is 180 Å². The van der Waals surface area contributed by atoms with Crippen molar-refractivity contribution in [1.29, 1.82) is 0 Å². The van der Waals surface area contributed by atoms with Gasteiger partial charge in [0.1, 0.15) is 123 Å². The molecule has 138 heavy (non-hydrogen) atoms. The molecule has 12 aromatic rings. The summed E-state index contributed by atoms with van der Waals surface area (Å²) in [5.74, 6) is -28.2. The standard InChI is InChI=1S/6C16H20N6O/c6*1-11-5-7-22(14(23)8-17-2)9-13(11)21(3)16-12-4-6-18-15(12)19-10-20-16/h6*4,6,10-11,13H,5,7-9H2,1,3H3,(H,18,19,20)/t6*11-,13+/m111111/s1/i5D2,7D2,8D2,9D2,11D,13D;1D3,5D2,7D2,8D2,9D2,13D;1D3,5D2,7D2,8D2,9D2,11D;5D2,7D2,8D2,9D2,13D;5D2,7D2,8D2,9D2,11D;1D3,5D2,7D2,8D2,9D2. The monoisotopic (exact) mass is 1940 g/mol. The molecule has 12 aromatic heterocycles. The maximum Gasteiger partial charge on any atom is 0.302 e. The molecule has 0 spiro atoms. The van der Waals surface area contributed by atoms with Crippen LogP contribution >= 0.6 is 0 Å². The van der Waals surface area contributed by atoms with Crippen LogP contribution < -0.4 is 29.4 Å². The third-order valence-corrected chi connectivity index (χ3v) is 19.9. The molecular weight excluding hydrogens is 1750 g/mol. The van der Waals surface area contributed by atoms with Gasteiger partial charge in [-0.2, -0.15) is 0 Å².